The summed E-state index contributed by atoms with van der Waals surface area (Å²) >= 11 is 5.30. The van der Waals surface area contributed by atoms with Gasteiger partial charge in [0.05, 0.1) is 6.20 Å². The molecule has 0 aromatic carbocycles. The summed E-state index contributed by atoms with van der Waals surface area (Å²) in [5, 5.41) is 4.57. The Labute approximate surface area is 123 Å². The van der Waals surface area contributed by atoms with Gasteiger partial charge in [0.2, 0.25) is 0 Å². The third-order valence-electron chi connectivity index (χ3n) is 3.16. The van der Waals surface area contributed by atoms with Gasteiger partial charge in [0.15, 0.2) is 10.9 Å². The average molecular weight is 295 g/mol. The Balaban J connectivity index is 1.93. The van der Waals surface area contributed by atoms with Crippen molar-refractivity contribution in [2.45, 2.75) is 25.7 Å². The van der Waals surface area contributed by atoms with Crippen molar-refractivity contribution in [3.05, 3.63) is 29.8 Å². The first kappa shape index (κ1) is 14.6. The van der Waals surface area contributed by atoms with Crippen molar-refractivity contribution in [3.63, 3.8) is 0 Å². The predicted octanol–water partition coefficient (Wildman–Crippen LogP) is 1.59. The molecule has 0 atom stereocenters. The van der Waals surface area contributed by atoms with Gasteiger partial charge < -0.3 is 10.6 Å². The number of hydrogen-bond acceptors (Lipinski definition) is 3. The number of halogens is 1. The lowest BCUT2D eigenvalue weighted by Gasteiger charge is -2.22. The van der Waals surface area contributed by atoms with E-state index >= 15 is 0 Å². The second kappa shape index (κ2) is 7.14. The number of amidine groups is 1. The van der Waals surface area contributed by atoms with Crippen LogP contribution in [0.15, 0.2) is 23.4 Å². The van der Waals surface area contributed by atoms with E-state index in [1.54, 1.807) is 0 Å². The topological polar surface area (TPSA) is 66.5 Å². The SMILES string of the molecule is N/C(=N\NC(=S)N1CCCCCC1)c1ccc(F)cn1. The Kier molecular flexibility index (Phi) is 5.23. The number of nitrogens with one attached hydrogen (secondary N) is 1. The zero-order valence-corrected chi connectivity index (χ0v) is 12.0. The molecule has 7 heteroatoms. The van der Waals surface area contributed by atoms with Gasteiger partial charge in [-0.15, -0.1) is 0 Å². The first-order chi connectivity index (χ1) is 9.66. The van der Waals surface area contributed by atoms with Gasteiger partial charge in [-0.3, -0.25) is 5.43 Å². The van der Waals surface area contributed by atoms with Crippen molar-refractivity contribution in [3.8, 4) is 0 Å². The zero-order valence-electron chi connectivity index (χ0n) is 11.2. The van der Waals surface area contributed by atoms with Crippen molar-refractivity contribution in [2.75, 3.05) is 13.1 Å². The monoisotopic (exact) mass is 295 g/mol. The fraction of sp³-hybridized carbons (Fsp3) is 0.462. The highest BCUT2D eigenvalue weighted by atomic mass is 32.1. The number of rotatable bonds is 2. The van der Waals surface area contributed by atoms with E-state index < -0.39 is 5.82 Å². The van der Waals surface area contributed by atoms with Crippen LogP contribution in [0.1, 0.15) is 31.4 Å². The van der Waals surface area contributed by atoms with Crippen molar-refractivity contribution in [2.24, 2.45) is 10.8 Å². The number of nitrogens with zero attached hydrogens (tertiary/aromatic N) is 3. The maximum atomic E-state index is 12.8. The molecule has 0 saturated carbocycles. The minimum Gasteiger partial charge on any atom is -0.380 e. The molecule has 108 valence electrons. The molecule has 1 fully saturated rings. The predicted molar refractivity (Wildman–Crippen MR) is 80.7 cm³/mol. The van der Waals surface area contributed by atoms with Crippen LogP contribution in [0, 0.1) is 5.82 Å². The molecule has 20 heavy (non-hydrogen) atoms. The van der Waals surface area contributed by atoms with Crippen molar-refractivity contribution in [1.82, 2.24) is 15.3 Å². The summed E-state index contributed by atoms with van der Waals surface area (Å²) in [7, 11) is 0. The lowest BCUT2D eigenvalue weighted by atomic mass is 10.2. The van der Waals surface area contributed by atoms with E-state index in [-0.39, 0.29) is 5.84 Å². The average Bonchev–Trinajstić information content (AvgIpc) is 2.74. The third kappa shape index (κ3) is 4.12. The largest absolute Gasteiger partial charge is 0.380 e. The Morgan fingerprint density at radius 3 is 2.60 bits per heavy atom. The summed E-state index contributed by atoms with van der Waals surface area (Å²) < 4.78 is 12.8. The molecule has 2 heterocycles. The van der Waals surface area contributed by atoms with Crippen LogP contribution in [0.25, 0.3) is 0 Å². The molecule has 0 radical (unpaired) electrons. The Morgan fingerprint density at radius 1 is 1.30 bits per heavy atom. The summed E-state index contributed by atoms with van der Waals surface area (Å²) in [6.07, 6.45) is 5.86. The quantitative estimate of drug-likeness (QED) is 0.375. The molecule has 1 aliphatic rings. The van der Waals surface area contributed by atoms with E-state index in [2.05, 4.69) is 20.4 Å². The van der Waals surface area contributed by atoms with Crippen LogP contribution in [0.3, 0.4) is 0 Å². The van der Waals surface area contributed by atoms with Crippen LogP contribution in [0.5, 0.6) is 0 Å². The standard InChI is InChI=1S/C13H18FN5S/c14-10-5-6-11(16-9-10)12(15)17-18-13(20)19-7-3-1-2-4-8-19/h5-6,9H,1-4,7-8H2,(H2,15,17)(H,18,20). The van der Waals surface area contributed by atoms with Crippen molar-refractivity contribution in [1.29, 1.82) is 0 Å². The molecule has 1 aliphatic heterocycles. The summed E-state index contributed by atoms with van der Waals surface area (Å²) in [5.41, 5.74) is 8.97. The van der Waals surface area contributed by atoms with Crippen LogP contribution in [-0.2, 0) is 0 Å². The summed E-state index contributed by atoms with van der Waals surface area (Å²) in [6, 6.07) is 2.77. The number of thiocarbonyl (C=S) groups is 1. The highest BCUT2D eigenvalue weighted by molar-refractivity contribution is 7.80. The number of pyridine rings is 1. The van der Waals surface area contributed by atoms with E-state index in [0.29, 0.717) is 10.8 Å². The smallest absolute Gasteiger partial charge is 0.189 e. The van der Waals surface area contributed by atoms with Gasteiger partial charge in [0.1, 0.15) is 11.5 Å². The van der Waals surface area contributed by atoms with Gasteiger partial charge in [-0.05, 0) is 37.2 Å². The summed E-state index contributed by atoms with van der Waals surface area (Å²) in [4.78, 5) is 5.95. The fourth-order valence-corrected chi connectivity index (χ4v) is 2.27. The van der Waals surface area contributed by atoms with Crippen molar-refractivity contribution >= 4 is 23.2 Å². The lowest BCUT2D eigenvalue weighted by Crippen LogP contribution is -2.39. The number of likely N-dealkylation sites (tertiary alicyclic amines) is 1. The Hall–Kier alpha value is -1.76. The fourth-order valence-electron chi connectivity index (χ4n) is 2.04. The maximum absolute atomic E-state index is 12.8. The number of aromatic nitrogens is 1. The third-order valence-corrected chi connectivity index (χ3v) is 3.50. The molecule has 0 spiro atoms. The van der Waals surface area contributed by atoms with Crippen LogP contribution in [0.2, 0.25) is 0 Å². The van der Waals surface area contributed by atoms with Gasteiger partial charge in [-0.2, -0.15) is 5.10 Å². The van der Waals surface area contributed by atoms with Crippen LogP contribution < -0.4 is 11.2 Å². The molecule has 3 N–H and O–H groups in total. The second-order valence-corrected chi connectivity index (χ2v) is 5.06. The molecular weight excluding hydrogens is 277 g/mol. The van der Waals surface area contributed by atoms with Crippen LogP contribution in [-0.4, -0.2) is 33.9 Å². The molecule has 0 amide bonds. The normalized spacial score (nSPS) is 16.6. The highest BCUT2D eigenvalue weighted by Gasteiger charge is 2.11. The van der Waals surface area contributed by atoms with E-state index in [9.17, 15) is 4.39 Å². The first-order valence-electron chi connectivity index (χ1n) is 6.67. The van der Waals surface area contributed by atoms with Gasteiger partial charge in [-0.1, -0.05) is 12.8 Å². The van der Waals surface area contributed by atoms with Gasteiger partial charge >= 0.3 is 0 Å². The van der Waals surface area contributed by atoms with Gasteiger partial charge in [0, 0.05) is 13.1 Å². The van der Waals surface area contributed by atoms with E-state index in [0.717, 1.165) is 32.1 Å². The highest BCUT2D eigenvalue weighted by Crippen LogP contribution is 2.09. The van der Waals surface area contributed by atoms with Crippen molar-refractivity contribution < 1.29 is 4.39 Å². The maximum Gasteiger partial charge on any atom is 0.189 e. The van der Waals surface area contributed by atoms with Crippen LogP contribution >= 0.6 is 12.2 Å². The Morgan fingerprint density at radius 2 is 2.00 bits per heavy atom. The Bertz CT molecular complexity index is 480. The van der Waals surface area contributed by atoms with Gasteiger partial charge in [0.25, 0.3) is 0 Å². The molecule has 1 saturated heterocycles. The lowest BCUT2D eigenvalue weighted by molar-refractivity contribution is 0.428. The molecule has 5 nitrogen and oxygen atoms in total. The second-order valence-electron chi connectivity index (χ2n) is 4.68. The van der Waals surface area contributed by atoms with Crippen LogP contribution in [0.4, 0.5) is 4.39 Å². The molecule has 1 aromatic heterocycles. The number of hydrogen-bond donors (Lipinski definition) is 2. The summed E-state index contributed by atoms with van der Waals surface area (Å²) in [6.45, 7) is 1.88. The summed E-state index contributed by atoms with van der Waals surface area (Å²) in [5.74, 6) is -0.225. The van der Waals surface area contributed by atoms with E-state index in [1.165, 1.54) is 25.0 Å². The molecule has 1 aromatic rings. The number of hydrazone groups is 1. The van der Waals surface area contributed by atoms with Gasteiger partial charge in [-0.25, -0.2) is 9.37 Å². The minimum atomic E-state index is -0.408. The molecule has 0 unspecified atom stereocenters. The molecule has 2 rings (SSSR count). The molecule has 0 aliphatic carbocycles. The molecular formula is C13H18FN5S. The zero-order chi connectivity index (χ0) is 14.4. The minimum absolute atomic E-state index is 0.183. The molecule has 0 bridgehead atoms. The van der Waals surface area contributed by atoms with E-state index in [1.807, 2.05) is 0 Å². The first-order valence-corrected chi connectivity index (χ1v) is 7.07. The number of nitrogens with two attached hydrogens (primary N) is 1. The van der Waals surface area contributed by atoms with E-state index in [4.69, 9.17) is 18.0 Å².